The van der Waals surface area contributed by atoms with Gasteiger partial charge in [0.05, 0.1) is 11.8 Å². The summed E-state index contributed by atoms with van der Waals surface area (Å²) in [5, 5.41) is 11.8. The van der Waals surface area contributed by atoms with Gasteiger partial charge in [0, 0.05) is 5.56 Å². The lowest BCUT2D eigenvalue weighted by molar-refractivity contribution is 0.174. The summed E-state index contributed by atoms with van der Waals surface area (Å²) in [4.78, 5) is 0. The molecule has 0 saturated heterocycles. The number of fused-ring (bicyclic) bond motifs is 1. The average Bonchev–Trinajstić information content (AvgIpc) is 2.89. The van der Waals surface area contributed by atoms with Crippen LogP contribution in [0.4, 0.5) is 4.39 Å². The van der Waals surface area contributed by atoms with Crippen LogP contribution in [-0.2, 0) is 0 Å². The van der Waals surface area contributed by atoms with E-state index in [2.05, 4.69) is 5.16 Å². The average molecular weight is 259 g/mol. The number of rotatable bonds is 2. The van der Waals surface area contributed by atoms with Crippen LogP contribution in [0.2, 0.25) is 0 Å². The molecule has 0 atom stereocenters. The van der Waals surface area contributed by atoms with Gasteiger partial charge in [-0.15, -0.1) is 0 Å². The normalized spacial score (nSPS) is 13.1. The van der Waals surface area contributed by atoms with E-state index in [1.807, 2.05) is 0 Å². The smallest absolute Gasteiger partial charge is 0.231 e. The molecule has 4 nitrogen and oxygen atoms in total. The quantitative estimate of drug-likeness (QED) is 0.512. The Kier molecular flexibility index (Phi) is 2.79. The second kappa shape index (κ2) is 4.61. The topological polar surface area (TPSA) is 51.1 Å². The number of benzene rings is 2. The lowest BCUT2D eigenvalue weighted by atomic mass is 9.98. The SMILES string of the molecule is ON=Cc1c(-c2ccccc2F)ccc2c1OCO2. The number of nitrogens with zero attached hydrogens (tertiary/aromatic N) is 1. The van der Waals surface area contributed by atoms with Crippen LogP contribution in [-0.4, -0.2) is 18.2 Å². The Bertz CT molecular complexity index is 655. The minimum atomic E-state index is -0.353. The van der Waals surface area contributed by atoms with Crippen LogP contribution >= 0.6 is 0 Å². The van der Waals surface area contributed by atoms with Crippen molar-refractivity contribution in [2.45, 2.75) is 0 Å². The summed E-state index contributed by atoms with van der Waals surface area (Å²) in [7, 11) is 0. The van der Waals surface area contributed by atoms with Gasteiger partial charge in [-0.3, -0.25) is 0 Å². The second-order valence-corrected chi connectivity index (χ2v) is 3.99. The zero-order valence-corrected chi connectivity index (χ0v) is 9.84. The molecule has 5 heteroatoms. The van der Waals surface area contributed by atoms with Gasteiger partial charge in [-0.05, 0) is 23.8 Å². The first kappa shape index (κ1) is 11.5. The van der Waals surface area contributed by atoms with E-state index in [0.717, 1.165) is 0 Å². The zero-order valence-electron chi connectivity index (χ0n) is 9.84. The second-order valence-electron chi connectivity index (χ2n) is 3.99. The summed E-state index contributed by atoms with van der Waals surface area (Å²) in [6.07, 6.45) is 1.22. The van der Waals surface area contributed by atoms with E-state index in [1.165, 1.54) is 12.3 Å². The molecular weight excluding hydrogens is 249 g/mol. The summed E-state index contributed by atoms with van der Waals surface area (Å²) < 4.78 is 24.5. The lowest BCUT2D eigenvalue weighted by Gasteiger charge is -2.09. The van der Waals surface area contributed by atoms with Crippen molar-refractivity contribution in [1.29, 1.82) is 0 Å². The summed E-state index contributed by atoms with van der Waals surface area (Å²) >= 11 is 0. The van der Waals surface area contributed by atoms with Crippen molar-refractivity contribution in [2.24, 2.45) is 5.16 Å². The summed E-state index contributed by atoms with van der Waals surface area (Å²) in [6.45, 7) is 0.0995. The fourth-order valence-electron chi connectivity index (χ4n) is 2.09. The van der Waals surface area contributed by atoms with E-state index in [4.69, 9.17) is 14.7 Å². The van der Waals surface area contributed by atoms with Crippen LogP contribution in [0.25, 0.3) is 11.1 Å². The predicted octanol–water partition coefficient (Wildman–Crippen LogP) is 3.03. The third kappa shape index (κ3) is 1.89. The van der Waals surface area contributed by atoms with E-state index in [9.17, 15) is 4.39 Å². The molecule has 3 rings (SSSR count). The number of hydrogen-bond donors (Lipinski definition) is 1. The maximum Gasteiger partial charge on any atom is 0.231 e. The van der Waals surface area contributed by atoms with E-state index in [1.54, 1.807) is 30.3 Å². The molecule has 1 aliphatic heterocycles. The minimum absolute atomic E-state index is 0.0995. The number of halogens is 1. The fraction of sp³-hybridized carbons (Fsp3) is 0.0714. The molecular formula is C14H10FNO3. The molecule has 2 aromatic carbocycles. The van der Waals surface area contributed by atoms with E-state index >= 15 is 0 Å². The minimum Gasteiger partial charge on any atom is -0.454 e. The highest BCUT2D eigenvalue weighted by molar-refractivity contribution is 5.95. The Hall–Kier alpha value is -2.56. The van der Waals surface area contributed by atoms with Crippen LogP contribution in [0.3, 0.4) is 0 Å². The Morgan fingerprint density at radius 2 is 1.95 bits per heavy atom. The Labute approximate surface area is 108 Å². The maximum atomic E-state index is 13.9. The zero-order chi connectivity index (χ0) is 13.2. The fourth-order valence-corrected chi connectivity index (χ4v) is 2.09. The Morgan fingerprint density at radius 1 is 1.11 bits per heavy atom. The largest absolute Gasteiger partial charge is 0.454 e. The van der Waals surface area contributed by atoms with Crippen LogP contribution in [0, 0.1) is 5.82 Å². The van der Waals surface area contributed by atoms with Gasteiger partial charge >= 0.3 is 0 Å². The van der Waals surface area contributed by atoms with Crippen molar-refractivity contribution < 1.29 is 19.1 Å². The third-order valence-electron chi connectivity index (χ3n) is 2.93. The van der Waals surface area contributed by atoms with Crippen molar-refractivity contribution >= 4 is 6.21 Å². The molecule has 0 amide bonds. The van der Waals surface area contributed by atoms with Gasteiger partial charge in [0.2, 0.25) is 6.79 Å². The molecule has 0 aliphatic carbocycles. The molecule has 0 radical (unpaired) electrons. The molecule has 0 bridgehead atoms. The van der Waals surface area contributed by atoms with Gasteiger partial charge in [-0.1, -0.05) is 23.4 Å². The number of hydrogen-bond acceptors (Lipinski definition) is 4. The Morgan fingerprint density at radius 3 is 2.74 bits per heavy atom. The summed E-state index contributed by atoms with van der Waals surface area (Å²) in [5.41, 5.74) is 1.48. The first-order valence-electron chi connectivity index (χ1n) is 5.66. The van der Waals surface area contributed by atoms with Crippen LogP contribution in [0.1, 0.15) is 5.56 Å². The molecule has 0 aromatic heterocycles. The molecule has 1 heterocycles. The molecule has 96 valence electrons. The Balaban J connectivity index is 2.25. The maximum absolute atomic E-state index is 13.9. The first-order chi connectivity index (χ1) is 9.31. The molecule has 1 N–H and O–H groups in total. The highest BCUT2D eigenvalue weighted by Gasteiger charge is 2.21. The van der Waals surface area contributed by atoms with E-state index in [0.29, 0.717) is 28.2 Å². The molecule has 0 saturated carbocycles. The molecule has 2 aromatic rings. The van der Waals surface area contributed by atoms with Crippen molar-refractivity contribution in [2.75, 3.05) is 6.79 Å². The van der Waals surface area contributed by atoms with Gasteiger partial charge in [0.1, 0.15) is 5.82 Å². The number of oxime groups is 1. The molecule has 0 fully saturated rings. The van der Waals surface area contributed by atoms with Crippen molar-refractivity contribution in [3.8, 4) is 22.6 Å². The predicted molar refractivity (Wildman–Crippen MR) is 67.3 cm³/mol. The van der Waals surface area contributed by atoms with Crippen molar-refractivity contribution in [3.05, 3.63) is 47.8 Å². The first-order valence-corrected chi connectivity index (χ1v) is 5.66. The summed E-state index contributed by atoms with van der Waals surface area (Å²) in [5.74, 6) is 0.655. The van der Waals surface area contributed by atoms with Crippen molar-refractivity contribution in [1.82, 2.24) is 0 Å². The molecule has 1 aliphatic rings. The third-order valence-corrected chi connectivity index (χ3v) is 2.93. The molecule has 19 heavy (non-hydrogen) atoms. The highest BCUT2D eigenvalue weighted by atomic mass is 19.1. The molecule has 0 unspecified atom stereocenters. The van der Waals surface area contributed by atoms with Gasteiger partial charge in [0.25, 0.3) is 0 Å². The van der Waals surface area contributed by atoms with Crippen LogP contribution in [0.5, 0.6) is 11.5 Å². The van der Waals surface area contributed by atoms with E-state index < -0.39 is 0 Å². The number of ether oxygens (including phenoxy) is 2. The van der Waals surface area contributed by atoms with Crippen molar-refractivity contribution in [3.63, 3.8) is 0 Å². The standard InChI is InChI=1S/C14H10FNO3/c15-12-4-2-1-3-10(12)9-5-6-13-14(19-8-18-13)11(9)7-16-17/h1-7,17H,8H2. The lowest BCUT2D eigenvalue weighted by Crippen LogP contribution is -1.96. The monoisotopic (exact) mass is 259 g/mol. The van der Waals surface area contributed by atoms with Crippen LogP contribution < -0.4 is 9.47 Å². The van der Waals surface area contributed by atoms with Crippen LogP contribution in [0.15, 0.2) is 41.6 Å². The van der Waals surface area contributed by atoms with Gasteiger partial charge < -0.3 is 14.7 Å². The van der Waals surface area contributed by atoms with E-state index in [-0.39, 0.29) is 12.6 Å². The van der Waals surface area contributed by atoms with Gasteiger partial charge in [-0.2, -0.15) is 0 Å². The van der Waals surface area contributed by atoms with Gasteiger partial charge in [-0.25, -0.2) is 4.39 Å². The molecule has 0 spiro atoms. The highest BCUT2D eigenvalue weighted by Crippen LogP contribution is 2.40. The van der Waals surface area contributed by atoms with Gasteiger partial charge in [0.15, 0.2) is 11.5 Å². The summed E-state index contributed by atoms with van der Waals surface area (Å²) in [6, 6.07) is 9.80.